The maximum atomic E-state index is 13.2. The molecule has 182 valence electrons. The molecule has 34 heavy (non-hydrogen) atoms. The molecular formula is C28H36N2O3S. The van der Waals surface area contributed by atoms with Crippen molar-refractivity contribution >= 4 is 23.6 Å². The van der Waals surface area contributed by atoms with Gasteiger partial charge in [-0.3, -0.25) is 9.59 Å². The number of carbonyl (C=O) groups is 2. The number of ether oxygens (including phenoxy) is 1. The van der Waals surface area contributed by atoms with Gasteiger partial charge in [0.1, 0.15) is 12.4 Å². The molecule has 1 aliphatic carbocycles. The Kier molecular flexibility index (Phi) is 10.5. The van der Waals surface area contributed by atoms with Gasteiger partial charge in [-0.05, 0) is 42.7 Å². The van der Waals surface area contributed by atoms with Gasteiger partial charge in [-0.1, -0.05) is 69.0 Å². The number of thioether (sulfide) groups is 1. The first-order chi connectivity index (χ1) is 16.6. The SMILES string of the molecule is C=CCOc1ccc(CN(C)C(=O)c2ccccc2SCC(=O)NC2CCCCCCC2)cc1. The van der Waals surface area contributed by atoms with Gasteiger partial charge >= 0.3 is 0 Å². The maximum absolute atomic E-state index is 13.2. The summed E-state index contributed by atoms with van der Waals surface area (Å²) in [5.41, 5.74) is 1.64. The van der Waals surface area contributed by atoms with Crippen molar-refractivity contribution in [3.63, 3.8) is 0 Å². The lowest BCUT2D eigenvalue weighted by atomic mass is 9.97. The Morgan fingerprint density at radius 2 is 1.74 bits per heavy atom. The van der Waals surface area contributed by atoms with Gasteiger partial charge < -0.3 is 15.0 Å². The molecule has 0 atom stereocenters. The Labute approximate surface area is 208 Å². The quantitative estimate of drug-likeness (QED) is 0.343. The van der Waals surface area contributed by atoms with Gasteiger partial charge in [0.25, 0.3) is 5.91 Å². The molecule has 0 unspecified atom stereocenters. The van der Waals surface area contributed by atoms with Crippen molar-refractivity contribution in [3.8, 4) is 5.75 Å². The number of carbonyl (C=O) groups excluding carboxylic acids is 2. The average Bonchev–Trinajstić information content (AvgIpc) is 2.83. The molecule has 2 amide bonds. The fraction of sp³-hybridized carbons (Fsp3) is 0.429. The highest BCUT2D eigenvalue weighted by molar-refractivity contribution is 8.00. The van der Waals surface area contributed by atoms with Crippen molar-refractivity contribution in [3.05, 3.63) is 72.3 Å². The molecule has 1 aliphatic rings. The van der Waals surface area contributed by atoms with Crippen LogP contribution >= 0.6 is 11.8 Å². The number of nitrogens with one attached hydrogen (secondary N) is 1. The van der Waals surface area contributed by atoms with E-state index in [0.29, 0.717) is 24.5 Å². The minimum Gasteiger partial charge on any atom is -0.490 e. The maximum Gasteiger partial charge on any atom is 0.255 e. The average molecular weight is 481 g/mol. The first-order valence-corrected chi connectivity index (χ1v) is 13.1. The number of nitrogens with zero attached hydrogens (tertiary/aromatic N) is 1. The summed E-state index contributed by atoms with van der Waals surface area (Å²) in [5, 5.41) is 3.21. The van der Waals surface area contributed by atoms with Gasteiger partial charge in [0.2, 0.25) is 5.91 Å². The van der Waals surface area contributed by atoms with E-state index in [-0.39, 0.29) is 17.9 Å². The second-order valence-corrected chi connectivity index (χ2v) is 9.82. The van der Waals surface area contributed by atoms with E-state index in [1.807, 2.05) is 48.5 Å². The Hall–Kier alpha value is -2.73. The van der Waals surface area contributed by atoms with Crippen LogP contribution < -0.4 is 10.1 Å². The first-order valence-electron chi connectivity index (χ1n) is 12.2. The molecule has 1 fully saturated rings. The molecule has 0 spiro atoms. The summed E-state index contributed by atoms with van der Waals surface area (Å²) in [7, 11) is 1.80. The highest BCUT2D eigenvalue weighted by atomic mass is 32.2. The van der Waals surface area contributed by atoms with E-state index in [4.69, 9.17) is 4.74 Å². The van der Waals surface area contributed by atoms with E-state index in [2.05, 4.69) is 11.9 Å². The molecule has 0 heterocycles. The molecule has 0 bridgehead atoms. The van der Waals surface area contributed by atoms with Crippen LogP contribution in [-0.4, -0.2) is 42.2 Å². The van der Waals surface area contributed by atoms with Gasteiger partial charge in [-0.2, -0.15) is 0 Å². The third-order valence-corrected chi connectivity index (χ3v) is 7.08. The van der Waals surface area contributed by atoms with Gasteiger partial charge in [0, 0.05) is 24.5 Å². The molecule has 1 saturated carbocycles. The molecule has 1 N–H and O–H groups in total. The second-order valence-electron chi connectivity index (χ2n) is 8.80. The summed E-state index contributed by atoms with van der Waals surface area (Å²) >= 11 is 1.43. The summed E-state index contributed by atoms with van der Waals surface area (Å²) in [6.45, 7) is 4.60. The molecule has 0 aliphatic heterocycles. The monoisotopic (exact) mass is 480 g/mol. The number of amides is 2. The fourth-order valence-corrected chi connectivity index (χ4v) is 5.04. The van der Waals surface area contributed by atoms with Crippen LogP contribution in [0.15, 0.2) is 66.1 Å². The zero-order chi connectivity index (χ0) is 24.2. The van der Waals surface area contributed by atoms with Crippen LogP contribution in [0, 0.1) is 0 Å². The van der Waals surface area contributed by atoms with E-state index in [9.17, 15) is 9.59 Å². The predicted molar refractivity (Wildman–Crippen MR) is 139 cm³/mol. The molecule has 5 nitrogen and oxygen atoms in total. The van der Waals surface area contributed by atoms with Crippen LogP contribution in [0.1, 0.15) is 60.9 Å². The third-order valence-electron chi connectivity index (χ3n) is 6.00. The van der Waals surface area contributed by atoms with Gasteiger partial charge in [0.05, 0.1) is 11.3 Å². The highest BCUT2D eigenvalue weighted by Gasteiger charge is 2.18. The van der Waals surface area contributed by atoms with Crippen LogP contribution in [0.25, 0.3) is 0 Å². The minimum absolute atomic E-state index is 0.0462. The van der Waals surface area contributed by atoms with E-state index in [1.165, 1.54) is 43.9 Å². The number of benzene rings is 2. The first kappa shape index (κ1) is 25.9. The molecule has 6 heteroatoms. The Morgan fingerprint density at radius 3 is 2.44 bits per heavy atom. The standard InChI is InChI=1S/C28H36N2O3S/c1-3-19-33-24-17-15-22(16-18-24)20-30(2)28(32)25-13-9-10-14-26(25)34-21-27(31)29-23-11-7-5-4-6-8-12-23/h3,9-10,13-18,23H,1,4-8,11-12,19-21H2,2H3,(H,29,31). The molecule has 2 aromatic carbocycles. The van der Waals surface area contributed by atoms with E-state index < -0.39 is 0 Å². The lowest BCUT2D eigenvalue weighted by Gasteiger charge is -2.21. The van der Waals surface area contributed by atoms with Crippen LogP contribution in [0.5, 0.6) is 5.75 Å². The fourth-order valence-electron chi connectivity index (χ4n) is 4.18. The molecule has 0 saturated heterocycles. The van der Waals surface area contributed by atoms with Crippen LogP contribution in [0.4, 0.5) is 0 Å². The third kappa shape index (κ3) is 8.24. The van der Waals surface area contributed by atoms with Crippen molar-refractivity contribution in [2.75, 3.05) is 19.4 Å². The van der Waals surface area contributed by atoms with Crippen molar-refractivity contribution < 1.29 is 14.3 Å². The van der Waals surface area contributed by atoms with Crippen LogP contribution in [-0.2, 0) is 11.3 Å². The number of hydrogen-bond acceptors (Lipinski definition) is 4. The normalized spacial score (nSPS) is 14.5. The summed E-state index contributed by atoms with van der Waals surface area (Å²) in [6, 6.07) is 15.5. The summed E-state index contributed by atoms with van der Waals surface area (Å²) in [6.07, 6.45) is 10.0. The molecule has 0 radical (unpaired) electrons. The minimum atomic E-state index is -0.0597. The predicted octanol–water partition coefficient (Wildman–Crippen LogP) is 5.84. The van der Waals surface area contributed by atoms with Gasteiger partial charge in [-0.25, -0.2) is 0 Å². The van der Waals surface area contributed by atoms with Crippen molar-refractivity contribution in [1.29, 1.82) is 0 Å². The lowest BCUT2D eigenvalue weighted by molar-refractivity contribution is -0.119. The molecular weight excluding hydrogens is 444 g/mol. The van der Waals surface area contributed by atoms with E-state index in [1.54, 1.807) is 18.0 Å². The largest absolute Gasteiger partial charge is 0.490 e. The zero-order valence-electron chi connectivity index (χ0n) is 20.1. The van der Waals surface area contributed by atoms with Crippen molar-refractivity contribution in [2.24, 2.45) is 0 Å². The summed E-state index contributed by atoms with van der Waals surface area (Å²) < 4.78 is 5.52. The Morgan fingerprint density at radius 1 is 1.06 bits per heavy atom. The Bertz CT molecular complexity index is 937. The topological polar surface area (TPSA) is 58.6 Å². The van der Waals surface area contributed by atoms with Crippen LogP contribution in [0.2, 0.25) is 0 Å². The summed E-state index contributed by atoms with van der Waals surface area (Å²) in [4.78, 5) is 28.3. The molecule has 0 aromatic heterocycles. The molecule has 2 aromatic rings. The molecule has 3 rings (SSSR count). The lowest BCUT2D eigenvalue weighted by Crippen LogP contribution is -2.36. The number of hydrogen-bond donors (Lipinski definition) is 1. The Balaban J connectivity index is 1.55. The van der Waals surface area contributed by atoms with E-state index >= 15 is 0 Å². The van der Waals surface area contributed by atoms with Crippen molar-refractivity contribution in [2.45, 2.75) is 62.4 Å². The summed E-state index contributed by atoms with van der Waals surface area (Å²) in [5.74, 6) is 1.08. The van der Waals surface area contributed by atoms with Gasteiger partial charge in [-0.15, -0.1) is 11.8 Å². The zero-order valence-corrected chi connectivity index (χ0v) is 20.9. The highest BCUT2D eigenvalue weighted by Crippen LogP contribution is 2.25. The number of rotatable bonds is 10. The smallest absolute Gasteiger partial charge is 0.255 e. The van der Waals surface area contributed by atoms with Crippen LogP contribution in [0.3, 0.4) is 0 Å². The second kappa shape index (κ2) is 13.9. The van der Waals surface area contributed by atoms with E-state index in [0.717, 1.165) is 29.1 Å². The van der Waals surface area contributed by atoms with Crippen molar-refractivity contribution in [1.82, 2.24) is 10.2 Å². The van der Waals surface area contributed by atoms with Gasteiger partial charge in [0.15, 0.2) is 0 Å².